The summed E-state index contributed by atoms with van der Waals surface area (Å²) in [6.07, 6.45) is 2.14. The standard InChI is InChI=1S/C21H25N3O3/c1-15-13-20(23-16(2)22-15)27-18-9-6-12-24(14-18)21(26)11-10-19(25)17-7-4-3-5-8-17/h3-5,7-8,13,18H,6,9-12,14H2,1-2H3/t18-/m1/s1. The molecular weight excluding hydrogens is 342 g/mol. The highest BCUT2D eigenvalue weighted by atomic mass is 16.5. The van der Waals surface area contributed by atoms with E-state index in [0.717, 1.165) is 18.5 Å². The van der Waals surface area contributed by atoms with E-state index in [0.29, 0.717) is 30.4 Å². The quantitative estimate of drug-likeness (QED) is 0.734. The Morgan fingerprint density at radius 2 is 1.93 bits per heavy atom. The number of aromatic nitrogens is 2. The first-order valence-corrected chi connectivity index (χ1v) is 9.36. The summed E-state index contributed by atoms with van der Waals surface area (Å²) in [6.45, 7) is 4.98. The van der Waals surface area contributed by atoms with E-state index in [2.05, 4.69) is 9.97 Å². The van der Waals surface area contributed by atoms with E-state index >= 15 is 0 Å². The second-order valence-corrected chi connectivity index (χ2v) is 6.91. The molecule has 0 bridgehead atoms. The summed E-state index contributed by atoms with van der Waals surface area (Å²) in [6, 6.07) is 10.9. The first kappa shape index (κ1) is 19.0. The molecule has 1 aromatic heterocycles. The zero-order valence-electron chi connectivity index (χ0n) is 15.9. The maximum atomic E-state index is 12.5. The molecule has 1 atom stereocenters. The second-order valence-electron chi connectivity index (χ2n) is 6.91. The van der Waals surface area contributed by atoms with E-state index in [-0.39, 0.29) is 30.6 Å². The molecule has 142 valence electrons. The lowest BCUT2D eigenvalue weighted by atomic mass is 10.0. The molecule has 0 unspecified atom stereocenters. The third-order valence-electron chi connectivity index (χ3n) is 4.62. The van der Waals surface area contributed by atoms with Crippen LogP contribution < -0.4 is 4.74 Å². The minimum Gasteiger partial charge on any atom is -0.472 e. The lowest BCUT2D eigenvalue weighted by Crippen LogP contribution is -2.44. The molecule has 1 saturated heterocycles. The minimum atomic E-state index is -0.0822. The lowest BCUT2D eigenvalue weighted by Gasteiger charge is -2.32. The fraction of sp³-hybridized carbons (Fsp3) is 0.429. The number of aryl methyl sites for hydroxylation is 2. The summed E-state index contributed by atoms with van der Waals surface area (Å²) >= 11 is 0. The van der Waals surface area contributed by atoms with E-state index in [1.807, 2.05) is 38.1 Å². The van der Waals surface area contributed by atoms with Crippen LogP contribution in [-0.4, -0.2) is 45.8 Å². The van der Waals surface area contributed by atoms with Crippen molar-refractivity contribution in [3.8, 4) is 5.88 Å². The monoisotopic (exact) mass is 367 g/mol. The van der Waals surface area contributed by atoms with E-state index in [9.17, 15) is 9.59 Å². The molecule has 1 amide bonds. The number of hydrogen-bond donors (Lipinski definition) is 0. The molecule has 0 radical (unpaired) electrons. The highest BCUT2D eigenvalue weighted by Gasteiger charge is 2.25. The molecule has 0 aliphatic carbocycles. The van der Waals surface area contributed by atoms with Gasteiger partial charge in [0.1, 0.15) is 11.9 Å². The first-order valence-electron chi connectivity index (χ1n) is 9.36. The van der Waals surface area contributed by atoms with Gasteiger partial charge in [-0.3, -0.25) is 9.59 Å². The van der Waals surface area contributed by atoms with Crippen LogP contribution >= 0.6 is 0 Å². The van der Waals surface area contributed by atoms with Crippen molar-refractivity contribution in [2.75, 3.05) is 13.1 Å². The molecule has 0 saturated carbocycles. The number of likely N-dealkylation sites (tertiary alicyclic amines) is 1. The van der Waals surface area contributed by atoms with Crippen molar-refractivity contribution >= 4 is 11.7 Å². The molecule has 1 aliphatic rings. The Morgan fingerprint density at radius 3 is 2.67 bits per heavy atom. The van der Waals surface area contributed by atoms with Crippen LogP contribution in [0.1, 0.15) is 47.6 Å². The maximum absolute atomic E-state index is 12.5. The van der Waals surface area contributed by atoms with E-state index in [1.54, 1.807) is 17.0 Å². The number of ketones is 1. The van der Waals surface area contributed by atoms with Gasteiger partial charge in [-0.25, -0.2) is 4.98 Å². The molecule has 6 nitrogen and oxygen atoms in total. The van der Waals surface area contributed by atoms with Crippen LogP contribution in [0.15, 0.2) is 36.4 Å². The molecule has 0 N–H and O–H groups in total. The summed E-state index contributed by atoms with van der Waals surface area (Å²) in [5.74, 6) is 1.23. The van der Waals surface area contributed by atoms with Gasteiger partial charge in [0.2, 0.25) is 11.8 Å². The van der Waals surface area contributed by atoms with Crippen LogP contribution in [-0.2, 0) is 4.79 Å². The Labute approximate surface area is 159 Å². The number of carbonyl (C=O) groups is 2. The van der Waals surface area contributed by atoms with Crippen molar-refractivity contribution in [2.24, 2.45) is 0 Å². The second kappa shape index (κ2) is 8.75. The number of nitrogens with zero attached hydrogens (tertiary/aromatic N) is 3. The number of amides is 1. The smallest absolute Gasteiger partial charge is 0.223 e. The molecule has 1 fully saturated rings. The molecule has 6 heteroatoms. The van der Waals surface area contributed by atoms with Crippen molar-refractivity contribution in [1.29, 1.82) is 0 Å². The van der Waals surface area contributed by atoms with Gasteiger partial charge in [-0.2, -0.15) is 4.98 Å². The summed E-state index contributed by atoms with van der Waals surface area (Å²) < 4.78 is 5.98. The van der Waals surface area contributed by atoms with Crippen molar-refractivity contribution in [1.82, 2.24) is 14.9 Å². The van der Waals surface area contributed by atoms with Crippen LogP contribution in [0, 0.1) is 13.8 Å². The molecule has 0 spiro atoms. The summed E-state index contributed by atoms with van der Waals surface area (Å²) in [7, 11) is 0. The largest absolute Gasteiger partial charge is 0.472 e. The van der Waals surface area contributed by atoms with Crippen molar-refractivity contribution in [2.45, 2.75) is 45.6 Å². The van der Waals surface area contributed by atoms with Gasteiger partial charge in [0.05, 0.1) is 6.54 Å². The van der Waals surface area contributed by atoms with Gasteiger partial charge < -0.3 is 9.64 Å². The summed E-state index contributed by atoms with van der Waals surface area (Å²) in [5, 5.41) is 0. The Kier molecular flexibility index (Phi) is 6.16. The molecule has 2 aromatic rings. The lowest BCUT2D eigenvalue weighted by molar-refractivity contribution is -0.133. The number of rotatable bonds is 6. The van der Waals surface area contributed by atoms with Crippen LogP contribution in [0.2, 0.25) is 0 Å². The van der Waals surface area contributed by atoms with Crippen LogP contribution in [0.4, 0.5) is 0 Å². The number of Topliss-reactive ketones (excluding diaryl/α,β-unsaturated/α-hetero) is 1. The number of benzene rings is 1. The van der Waals surface area contributed by atoms with Gasteiger partial charge >= 0.3 is 0 Å². The average Bonchev–Trinajstić information content (AvgIpc) is 2.66. The third kappa shape index (κ3) is 5.36. The highest BCUT2D eigenvalue weighted by molar-refractivity contribution is 5.97. The van der Waals surface area contributed by atoms with E-state index < -0.39 is 0 Å². The molecule has 3 rings (SSSR count). The normalized spacial score (nSPS) is 16.8. The van der Waals surface area contributed by atoms with Gasteiger partial charge in [-0.05, 0) is 26.7 Å². The Bertz CT molecular complexity index is 787. The summed E-state index contributed by atoms with van der Waals surface area (Å²) in [5.41, 5.74) is 1.51. The van der Waals surface area contributed by atoms with Gasteiger partial charge in [0.25, 0.3) is 0 Å². The SMILES string of the molecule is Cc1cc(O[C@@H]2CCCN(C(=O)CCC(=O)c3ccccc3)C2)nc(C)n1. The number of hydrogen-bond acceptors (Lipinski definition) is 5. The number of piperidine rings is 1. The number of carbonyl (C=O) groups excluding carboxylic acids is 2. The van der Waals surface area contributed by atoms with Gasteiger partial charge in [-0.15, -0.1) is 0 Å². The zero-order valence-corrected chi connectivity index (χ0v) is 15.9. The van der Waals surface area contributed by atoms with Crippen molar-refractivity contribution in [3.63, 3.8) is 0 Å². The zero-order chi connectivity index (χ0) is 19.2. The maximum Gasteiger partial charge on any atom is 0.223 e. The molecule has 1 aromatic carbocycles. The van der Waals surface area contributed by atoms with Crippen molar-refractivity contribution < 1.29 is 14.3 Å². The topological polar surface area (TPSA) is 72.4 Å². The van der Waals surface area contributed by atoms with Crippen LogP contribution in [0.3, 0.4) is 0 Å². The predicted octanol–water partition coefficient (Wildman–Crippen LogP) is 3.13. The average molecular weight is 367 g/mol. The third-order valence-corrected chi connectivity index (χ3v) is 4.62. The van der Waals surface area contributed by atoms with Crippen LogP contribution in [0.5, 0.6) is 5.88 Å². The first-order chi connectivity index (χ1) is 13.0. The van der Waals surface area contributed by atoms with E-state index in [1.165, 1.54) is 0 Å². The number of ether oxygens (including phenoxy) is 1. The highest BCUT2D eigenvalue weighted by Crippen LogP contribution is 2.19. The van der Waals surface area contributed by atoms with Gasteiger partial charge in [-0.1, -0.05) is 30.3 Å². The molecular formula is C21H25N3O3. The molecule has 27 heavy (non-hydrogen) atoms. The summed E-state index contributed by atoms with van der Waals surface area (Å²) in [4.78, 5) is 35.1. The predicted molar refractivity (Wildman–Crippen MR) is 102 cm³/mol. The van der Waals surface area contributed by atoms with Crippen molar-refractivity contribution in [3.05, 3.63) is 53.5 Å². The van der Waals surface area contributed by atoms with Gasteiger partial charge in [0.15, 0.2) is 5.78 Å². The molecule has 1 aliphatic heterocycles. The minimum absolute atomic E-state index is 0.000644. The Balaban J connectivity index is 1.52. The van der Waals surface area contributed by atoms with Crippen LogP contribution in [0.25, 0.3) is 0 Å². The Morgan fingerprint density at radius 1 is 1.15 bits per heavy atom. The fourth-order valence-electron chi connectivity index (χ4n) is 3.32. The fourth-order valence-corrected chi connectivity index (χ4v) is 3.32. The molecule has 2 heterocycles. The Hall–Kier alpha value is -2.76. The van der Waals surface area contributed by atoms with Gasteiger partial charge in [0, 0.05) is 36.7 Å². The van der Waals surface area contributed by atoms with E-state index in [4.69, 9.17) is 4.74 Å².